The zero-order valence-corrected chi connectivity index (χ0v) is 18.9. The Labute approximate surface area is 187 Å². The summed E-state index contributed by atoms with van der Waals surface area (Å²) in [5.41, 5.74) is 4.65. The van der Waals surface area contributed by atoms with Crippen molar-refractivity contribution in [3.8, 4) is 11.4 Å². The van der Waals surface area contributed by atoms with Crippen LogP contribution in [0.5, 0.6) is 0 Å². The number of benzene rings is 2. The third-order valence-corrected chi connectivity index (χ3v) is 6.50. The Morgan fingerprint density at radius 3 is 2.65 bits per heavy atom. The van der Waals surface area contributed by atoms with E-state index < -0.39 is 0 Å². The van der Waals surface area contributed by atoms with Gasteiger partial charge in [0.1, 0.15) is 0 Å². The summed E-state index contributed by atoms with van der Waals surface area (Å²) in [5, 5.41) is 4.14. The Morgan fingerprint density at radius 2 is 1.87 bits per heavy atom. The molecule has 0 unspecified atom stereocenters. The monoisotopic (exact) mass is 436 g/mol. The van der Waals surface area contributed by atoms with Crippen LogP contribution in [-0.4, -0.2) is 57.8 Å². The molecule has 1 amide bonds. The molecule has 2 aromatic carbocycles. The van der Waals surface area contributed by atoms with E-state index in [1.165, 1.54) is 11.1 Å². The number of nitrogens with zero attached hydrogens (tertiary/aromatic N) is 4. The van der Waals surface area contributed by atoms with Gasteiger partial charge < -0.3 is 9.42 Å². The van der Waals surface area contributed by atoms with Crippen molar-refractivity contribution >= 4 is 17.7 Å². The van der Waals surface area contributed by atoms with E-state index in [9.17, 15) is 4.79 Å². The van der Waals surface area contributed by atoms with Crippen LogP contribution < -0.4 is 0 Å². The van der Waals surface area contributed by atoms with E-state index in [1.54, 1.807) is 11.8 Å². The van der Waals surface area contributed by atoms with Gasteiger partial charge in [0.2, 0.25) is 17.6 Å². The number of carbonyl (C=O) groups is 1. The SMILES string of the molecule is Cc1cccc(CSCC(=O)N2CCN(Cc3nc(-c4ccccc4C)no3)CC2)c1. The first-order chi connectivity index (χ1) is 15.1. The van der Waals surface area contributed by atoms with E-state index in [-0.39, 0.29) is 5.91 Å². The molecular formula is C24H28N4O2S. The van der Waals surface area contributed by atoms with Gasteiger partial charge in [-0.1, -0.05) is 59.3 Å². The lowest BCUT2D eigenvalue weighted by molar-refractivity contribution is -0.130. The van der Waals surface area contributed by atoms with Crippen molar-refractivity contribution in [3.05, 3.63) is 71.1 Å². The zero-order chi connectivity index (χ0) is 21.6. The van der Waals surface area contributed by atoms with Gasteiger partial charge in [0.25, 0.3) is 0 Å². The number of hydrogen-bond acceptors (Lipinski definition) is 6. The fourth-order valence-corrected chi connectivity index (χ4v) is 4.62. The summed E-state index contributed by atoms with van der Waals surface area (Å²) in [6.07, 6.45) is 0. The van der Waals surface area contributed by atoms with Gasteiger partial charge >= 0.3 is 0 Å². The number of hydrogen-bond donors (Lipinski definition) is 0. The van der Waals surface area contributed by atoms with Gasteiger partial charge in [-0.15, -0.1) is 11.8 Å². The second kappa shape index (κ2) is 10.1. The fraction of sp³-hybridized carbons (Fsp3) is 0.375. The normalized spacial score (nSPS) is 14.7. The number of aromatic nitrogens is 2. The fourth-order valence-electron chi connectivity index (χ4n) is 3.75. The van der Waals surface area contributed by atoms with Gasteiger partial charge in [-0.2, -0.15) is 4.98 Å². The van der Waals surface area contributed by atoms with Crippen molar-refractivity contribution in [2.45, 2.75) is 26.1 Å². The molecule has 1 aromatic heterocycles. The van der Waals surface area contributed by atoms with Crippen molar-refractivity contribution < 1.29 is 9.32 Å². The lowest BCUT2D eigenvalue weighted by Gasteiger charge is -2.33. The molecule has 162 valence electrons. The summed E-state index contributed by atoms with van der Waals surface area (Å²) in [6.45, 7) is 7.86. The highest BCUT2D eigenvalue weighted by molar-refractivity contribution is 7.99. The minimum absolute atomic E-state index is 0.219. The summed E-state index contributed by atoms with van der Waals surface area (Å²) in [4.78, 5) is 21.3. The molecule has 7 heteroatoms. The van der Waals surface area contributed by atoms with Crippen LogP contribution in [0.2, 0.25) is 0 Å². The molecular weight excluding hydrogens is 408 g/mol. The largest absolute Gasteiger partial charge is 0.339 e. The second-order valence-corrected chi connectivity index (χ2v) is 8.95. The average Bonchev–Trinajstić information content (AvgIpc) is 3.23. The highest BCUT2D eigenvalue weighted by Crippen LogP contribution is 2.20. The number of rotatable bonds is 7. The third-order valence-electron chi connectivity index (χ3n) is 5.51. The first-order valence-corrected chi connectivity index (χ1v) is 11.8. The van der Waals surface area contributed by atoms with Gasteiger partial charge in [-0.05, 0) is 25.0 Å². The van der Waals surface area contributed by atoms with E-state index in [4.69, 9.17) is 4.52 Å². The molecule has 0 radical (unpaired) electrons. The van der Waals surface area contributed by atoms with Crippen molar-refractivity contribution in [2.24, 2.45) is 0 Å². The van der Waals surface area contributed by atoms with Crippen molar-refractivity contribution in [1.82, 2.24) is 19.9 Å². The lowest BCUT2D eigenvalue weighted by Crippen LogP contribution is -2.48. The van der Waals surface area contributed by atoms with E-state index in [0.717, 1.165) is 43.1 Å². The van der Waals surface area contributed by atoms with Crippen LogP contribution in [0.4, 0.5) is 0 Å². The van der Waals surface area contributed by atoms with Crippen molar-refractivity contribution in [3.63, 3.8) is 0 Å². The maximum absolute atomic E-state index is 12.6. The quantitative estimate of drug-likeness (QED) is 0.559. The van der Waals surface area contributed by atoms with Crippen LogP contribution in [0.25, 0.3) is 11.4 Å². The Morgan fingerprint density at radius 1 is 1.06 bits per heavy atom. The van der Waals surface area contributed by atoms with Crippen molar-refractivity contribution in [1.29, 1.82) is 0 Å². The molecule has 1 aliphatic heterocycles. The predicted molar refractivity (Wildman–Crippen MR) is 124 cm³/mol. The Hall–Kier alpha value is -2.64. The smallest absolute Gasteiger partial charge is 0.241 e. The molecule has 6 nitrogen and oxygen atoms in total. The molecule has 1 saturated heterocycles. The predicted octanol–water partition coefficient (Wildman–Crippen LogP) is 3.93. The standard InChI is InChI=1S/C24H28N4O2S/c1-18-6-5-8-20(14-18)16-31-17-23(29)28-12-10-27(11-13-28)15-22-25-24(26-30-22)21-9-4-3-7-19(21)2/h3-9,14H,10-13,15-17H2,1-2H3. The number of amides is 1. The molecule has 1 fully saturated rings. The maximum Gasteiger partial charge on any atom is 0.241 e. The van der Waals surface area contributed by atoms with Crippen LogP contribution in [0.1, 0.15) is 22.6 Å². The Balaban J connectivity index is 1.22. The molecule has 3 aromatic rings. The zero-order valence-electron chi connectivity index (χ0n) is 18.1. The number of carbonyl (C=O) groups excluding carboxylic acids is 1. The molecule has 0 spiro atoms. The Bertz CT molecular complexity index is 1030. The summed E-state index contributed by atoms with van der Waals surface area (Å²) in [7, 11) is 0. The van der Waals surface area contributed by atoms with Gasteiger partial charge in [0, 0.05) is 37.5 Å². The summed E-state index contributed by atoms with van der Waals surface area (Å²) in [6, 6.07) is 16.5. The van der Waals surface area contributed by atoms with Crippen LogP contribution >= 0.6 is 11.8 Å². The topological polar surface area (TPSA) is 62.5 Å². The summed E-state index contributed by atoms with van der Waals surface area (Å²) < 4.78 is 5.47. The van der Waals surface area contributed by atoms with E-state index in [0.29, 0.717) is 24.0 Å². The molecule has 31 heavy (non-hydrogen) atoms. The number of thioether (sulfide) groups is 1. The molecule has 0 saturated carbocycles. The molecule has 0 N–H and O–H groups in total. The van der Waals surface area contributed by atoms with E-state index >= 15 is 0 Å². The van der Waals surface area contributed by atoms with E-state index in [2.05, 4.69) is 46.2 Å². The minimum atomic E-state index is 0.219. The highest BCUT2D eigenvalue weighted by Gasteiger charge is 2.22. The molecule has 2 heterocycles. The minimum Gasteiger partial charge on any atom is -0.339 e. The number of aryl methyl sites for hydroxylation is 2. The van der Waals surface area contributed by atoms with Gasteiger partial charge in [0.05, 0.1) is 12.3 Å². The van der Waals surface area contributed by atoms with Crippen LogP contribution in [0.15, 0.2) is 53.1 Å². The molecule has 0 bridgehead atoms. The summed E-state index contributed by atoms with van der Waals surface area (Å²) >= 11 is 1.68. The molecule has 4 rings (SSSR count). The average molecular weight is 437 g/mol. The second-order valence-electron chi connectivity index (χ2n) is 7.97. The van der Waals surface area contributed by atoms with E-state index in [1.807, 2.05) is 36.1 Å². The third kappa shape index (κ3) is 5.74. The summed E-state index contributed by atoms with van der Waals surface area (Å²) in [5.74, 6) is 2.86. The first-order valence-electron chi connectivity index (χ1n) is 10.6. The molecule has 0 aliphatic carbocycles. The Kier molecular flexibility index (Phi) is 7.04. The molecule has 1 aliphatic rings. The highest BCUT2D eigenvalue weighted by atomic mass is 32.2. The van der Waals surface area contributed by atoms with Crippen LogP contribution in [0, 0.1) is 13.8 Å². The van der Waals surface area contributed by atoms with Crippen molar-refractivity contribution in [2.75, 3.05) is 31.9 Å². The lowest BCUT2D eigenvalue weighted by atomic mass is 10.1. The van der Waals surface area contributed by atoms with Gasteiger partial charge in [0.15, 0.2) is 0 Å². The first kappa shape index (κ1) is 21.6. The van der Waals surface area contributed by atoms with Crippen LogP contribution in [-0.2, 0) is 17.1 Å². The maximum atomic E-state index is 12.6. The van der Waals surface area contributed by atoms with Crippen LogP contribution in [0.3, 0.4) is 0 Å². The molecule has 0 atom stereocenters. The number of piperazine rings is 1. The van der Waals surface area contributed by atoms with Gasteiger partial charge in [-0.3, -0.25) is 9.69 Å². The van der Waals surface area contributed by atoms with Gasteiger partial charge in [-0.25, -0.2) is 0 Å².